The summed E-state index contributed by atoms with van der Waals surface area (Å²) < 4.78 is 3.13. The van der Waals surface area contributed by atoms with Gasteiger partial charge in [0.2, 0.25) is 5.95 Å². The van der Waals surface area contributed by atoms with E-state index in [0.29, 0.717) is 35.6 Å². The van der Waals surface area contributed by atoms with Gasteiger partial charge in [-0.3, -0.25) is 9.59 Å². The van der Waals surface area contributed by atoms with Crippen molar-refractivity contribution in [2.75, 3.05) is 18.4 Å². The van der Waals surface area contributed by atoms with Gasteiger partial charge in [0.1, 0.15) is 11.2 Å². The van der Waals surface area contributed by atoms with Crippen molar-refractivity contribution in [2.24, 2.45) is 0 Å². The Bertz CT molecular complexity index is 1440. The summed E-state index contributed by atoms with van der Waals surface area (Å²) in [4.78, 5) is 27.7. The molecule has 0 atom stereocenters. The van der Waals surface area contributed by atoms with Crippen molar-refractivity contribution < 1.29 is 4.79 Å². The molecule has 31 heavy (non-hydrogen) atoms. The Morgan fingerprint density at radius 1 is 1.03 bits per heavy atom. The number of H-pyrrole nitrogens is 1. The number of fused-ring (bicyclic) bond motifs is 3. The summed E-state index contributed by atoms with van der Waals surface area (Å²) in [5.74, 6) is 0.123. The number of carbonyl (C=O) groups excluding carboxylic acids is 1. The zero-order valence-electron chi connectivity index (χ0n) is 16.2. The fraction of sp³-hybridized carbons (Fsp3) is 0.100. The van der Waals surface area contributed by atoms with E-state index in [9.17, 15) is 9.59 Å². The van der Waals surface area contributed by atoms with E-state index in [1.165, 1.54) is 6.20 Å². The second-order valence-corrected chi connectivity index (χ2v) is 6.72. The van der Waals surface area contributed by atoms with Crippen molar-refractivity contribution in [3.63, 3.8) is 0 Å². The first-order chi connectivity index (χ1) is 15.2. The quantitative estimate of drug-likeness (QED) is 0.352. The third kappa shape index (κ3) is 3.37. The lowest BCUT2D eigenvalue weighted by Gasteiger charge is -2.08. The molecule has 3 aromatic heterocycles. The van der Waals surface area contributed by atoms with Crippen LogP contribution in [0.4, 0.5) is 5.95 Å². The smallest absolute Gasteiger partial charge is 0.259 e. The standard InChI is InChI=1S/C20H17N9O2/c30-18(15-12-23-29-16-9-5-4-8-14(16)19(31)24-17(15)29)21-10-11-22-20-25-26-27-28(20)13-6-2-1-3-7-13/h1-9,12H,10-11H2,(H,21,30)(H,24,31)(H,22,25,27). The van der Waals surface area contributed by atoms with Crippen LogP contribution < -0.4 is 16.2 Å². The fourth-order valence-electron chi connectivity index (χ4n) is 3.33. The SMILES string of the molecule is O=C(NCCNc1nnnn1-c1ccccc1)c1cnn2c1[nH]c(=O)c1ccccc12. The molecule has 0 saturated carbocycles. The molecule has 0 saturated heterocycles. The molecule has 5 rings (SSSR count). The van der Waals surface area contributed by atoms with Crippen LogP contribution in [0.15, 0.2) is 65.6 Å². The van der Waals surface area contributed by atoms with Crippen LogP contribution in [-0.4, -0.2) is 53.8 Å². The largest absolute Gasteiger partial charge is 0.351 e. The lowest BCUT2D eigenvalue weighted by molar-refractivity contribution is 0.0956. The van der Waals surface area contributed by atoms with Crippen LogP contribution in [-0.2, 0) is 0 Å². The Hall–Kier alpha value is -4.54. The Morgan fingerprint density at radius 2 is 1.84 bits per heavy atom. The van der Waals surface area contributed by atoms with Crippen molar-refractivity contribution >= 4 is 28.4 Å². The number of amides is 1. The predicted octanol–water partition coefficient (Wildman–Crippen LogP) is 0.993. The number of hydrogen-bond donors (Lipinski definition) is 3. The van der Waals surface area contributed by atoms with Crippen molar-refractivity contribution in [2.45, 2.75) is 0 Å². The van der Waals surface area contributed by atoms with Crippen LogP contribution in [0.25, 0.3) is 22.2 Å². The van der Waals surface area contributed by atoms with E-state index in [2.05, 4.69) is 36.2 Å². The minimum atomic E-state index is -0.342. The normalized spacial score (nSPS) is 11.1. The highest BCUT2D eigenvalue weighted by Crippen LogP contribution is 2.14. The first kappa shape index (κ1) is 18.5. The van der Waals surface area contributed by atoms with Gasteiger partial charge in [0.25, 0.3) is 11.5 Å². The van der Waals surface area contributed by atoms with Gasteiger partial charge in [-0.2, -0.15) is 9.78 Å². The van der Waals surface area contributed by atoms with E-state index in [0.717, 1.165) is 5.69 Å². The van der Waals surface area contributed by atoms with Gasteiger partial charge in [-0.15, -0.1) is 0 Å². The first-order valence-corrected chi connectivity index (χ1v) is 9.57. The minimum absolute atomic E-state index is 0.271. The van der Waals surface area contributed by atoms with Crippen LogP contribution in [0.1, 0.15) is 10.4 Å². The van der Waals surface area contributed by atoms with Crippen molar-refractivity contribution in [1.82, 2.24) is 40.1 Å². The molecule has 0 aliphatic carbocycles. The van der Waals surface area contributed by atoms with Gasteiger partial charge in [-0.05, 0) is 34.7 Å². The first-order valence-electron chi connectivity index (χ1n) is 9.57. The summed E-state index contributed by atoms with van der Waals surface area (Å²) in [6, 6.07) is 16.6. The molecular weight excluding hydrogens is 398 g/mol. The van der Waals surface area contributed by atoms with Gasteiger partial charge < -0.3 is 15.6 Å². The number of nitrogens with zero attached hydrogens (tertiary/aromatic N) is 6. The summed E-state index contributed by atoms with van der Waals surface area (Å²) in [5, 5.41) is 22.3. The molecular formula is C20H17N9O2. The highest BCUT2D eigenvalue weighted by atomic mass is 16.2. The highest BCUT2D eigenvalue weighted by Gasteiger charge is 2.16. The van der Waals surface area contributed by atoms with Crippen molar-refractivity contribution in [3.05, 3.63) is 76.7 Å². The number of aromatic nitrogens is 7. The van der Waals surface area contributed by atoms with E-state index < -0.39 is 0 Å². The Balaban J connectivity index is 1.28. The molecule has 0 spiro atoms. The number of anilines is 1. The van der Waals surface area contributed by atoms with Crippen LogP contribution in [0.5, 0.6) is 0 Å². The van der Waals surface area contributed by atoms with Crippen molar-refractivity contribution in [1.29, 1.82) is 0 Å². The second-order valence-electron chi connectivity index (χ2n) is 6.72. The summed E-state index contributed by atoms with van der Waals surface area (Å²) in [7, 11) is 0. The summed E-state index contributed by atoms with van der Waals surface area (Å²) >= 11 is 0. The van der Waals surface area contributed by atoms with E-state index in [4.69, 9.17) is 0 Å². The molecule has 11 heteroatoms. The van der Waals surface area contributed by atoms with Crippen LogP contribution in [0, 0.1) is 0 Å². The Labute approximate surface area is 174 Å². The lowest BCUT2D eigenvalue weighted by Crippen LogP contribution is -2.29. The lowest BCUT2D eigenvalue weighted by atomic mass is 10.2. The minimum Gasteiger partial charge on any atom is -0.351 e. The third-order valence-electron chi connectivity index (χ3n) is 4.79. The van der Waals surface area contributed by atoms with Gasteiger partial charge in [0.15, 0.2) is 0 Å². The number of aromatic amines is 1. The number of nitrogens with one attached hydrogen (secondary N) is 3. The van der Waals surface area contributed by atoms with Gasteiger partial charge in [0.05, 0.1) is 22.8 Å². The van der Waals surface area contributed by atoms with E-state index in [-0.39, 0.29) is 17.0 Å². The van der Waals surface area contributed by atoms with Crippen LogP contribution >= 0.6 is 0 Å². The molecule has 11 nitrogen and oxygen atoms in total. The van der Waals surface area contributed by atoms with Crippen molar-refractivity contribution in [3.8, 4) is 5.69 Å². The second kappa shape index (κ2) is 7.71. The zero-order chi connectivity index (χ0) is 21.2. The number of rotatable bonds is 6. The molecule has 3 heterocycles. The number of benzene rings is 2. The monoisotopic (exact) mass is 415 g/mol. The van der Waals surface area contributed by atoms with E-state index in [1.807, 2.05) is 36.4 Å². The van der Waals surface area contributed by atoms with Crippen LogP contribution in [0.3, 0.4) is 0 Å². The molecule has 2 aromatic carbocycles. The third-order valence-corrected chi connectivity index (χ3v) is 4.79. The highest BCUT2D eigenvalue weighted by molar-refractivity contribution is 6.00. The van der Waals surface area contributed by atoms with Crippen LogP contribution in [0.2, 0.25) is 0 Å². The topological polar surface area (TPSA) is 135 Å². The average molecular weight is 415 g/mol. The zero-order valence-corrected chi connectivity index (χ0v) is 16.2. The molecule has 0 unspecified atom stereocenters. The molecule has 154 valence electrons. The molecule has 0 bridgehead atoms. The maximum atomic E-state index is 12.7. The molecule has 5 aromatic rings. The van der Waals surface area contributed by atoms with Gasteiger partial charge in [-0.25, -0.2) is 4.52 Å². The van der Waals surface area contributed by atoms with E-state index in [1.54, 1.807) is 27.4 Å². The van der Waals surface area contributed by atoms with Gasteiger partial charge in [-0.1, -0.05) is 35.4 Å². The maximum Gasteiger partial charge on any atom is 0.259 e. The molecule has 0 aliphatic heterocycles. The summed E-state index contributed by atoms with van der Waals surface area (Å²) in [6.07, 6.45) is 1.44. The van der Waals surface area contributed by atoms with E-state index >= 15 is 0 Å². The maximum absolute atomic E-state index is 12.7. The average Bonchev–Trinajstić information content (AvgIpc) is 3.45. The van der Waals surface area contributed by atoms with Gasteiger partial charge >= 0.3 is 0 Å². The van der Waals surface area contributed by atoms with Gasteiger partial charge in [0, 0.05) is 13.1 Å². The molecule has 1 amide bonds. The molecule has 0 radical (unpaired) electrons. The number of hydrogen-bond acceptors (Lipinski definition) is 7. The predicted molar refractivity (Wildman–Crippen MR) is 113 cm³/mol. The number of carbonyl (C=O) groups is 1. The number of para-hydroxylation sites is 2. The fourth-order valence-corrected chi connectivity index (χ4v) is 3.33. The summed E-state index contributed by atoms with van der Waals surface area (Å²) in [5.41, 5.74) is 1.82. The Morgan fingerprint density at radius 3 is 2.71 bits per heavy atom. The molecule has 3 N–H and O–H groups in total. The molecule has 0 fully saturated rings. The Kier molecular flexibility index (Phi) is 4.60. The number of tetrazole rings is 1. The summed E-state index contributed by atoms with van der Waals surface area (Å²) in [6.45, 7) is 0.716. The molecule has 0 aliphatic rings.